The third-order valence-corrected chi connectivity index (χ3v) is 1.09. The van der Waals surface area contributed by atoms with Crippen molar-refractivity contribution in [2.75, 3.05) is 0 Å². The van der Waals surface area contributed by atoms with Gasteiger partial charge in [0, 0.05) is 0 Å². The normalized spacial score (nSPS) is 13.5. The van der Waals surface area contributed by atoms with Crippen LogP contribution < -0.4 is 0 Å². The first-order chi connectivity index (χ1) is 5.59. The van der Waals surface area contributed by atoms with Crippen LogP contribution in [0.5, 0.6) is 0 Å². The minimum atomic E-state index is -5.00. The predicted molar refractivity (Wildman–Crippen MR) is 28.2 cm³/mol. The molecule has 0 atom stereocenters. The minimum Gasteiger partial charge on any atom is -0.477 e. The first-order valence-electron chi connectivity index (χ1n) is 2.87. The molecule has 0 saturated carbocycles. The Kier molecular flexibility index (Phi) is 3.18. The quantitative estimate of drug-likeness (QED) is 0.720. The predicted octanol–water partition coefficient (Wildman–Crippen LogP) is 2.00. The minimum absolute atomic E-state index is 2.70. The molecule has 0 aromatic heterocycles. The average molecular weight is 210 g/mol. The second-order valence-corrected chi connectivity index (χ2v) is 2.25. The van der Waals surface area contributed by atoms with Crippen molar-refractivity contribution in [1.82, 2.24) is 0 Å². The van der Waals surface area contributed by atoms with Gasteiger partial charge in [0.15, 0.2) is 0 Å². The van der Waals surface area contributed by atoms with Gasteiger partial charge in [-0.25, -0.2) is 22.4 Å². The van der Waals surface area contributed by atoms with Crippen LogP contribution >= 0.6 is 0 Å². The van der Waals surface area contributed by atoms with E-state index >= 15 is 0 Å². The molecule has 0 unspecified atom stereocenters. The molecular weight excluding hydrogens is 206 g/mol. The molecule has 1 N–H and O–H groups in total. The van der Waals surface area contributed by atoms with Crippen LogP contribution in [0, 0.1) is 0 Å². The summed E-state index contributed by atoms with van der Waals surface area (Å²) in [5, 5.41) is 7.66. The van der Waals surface area contributed by atoms with Gasteiger partial charge >= 0.3 is 24.2 Å². The van der Waals surface area contributed by atoms with E-state index in [0.29, 0.717) is 0 Å². The largest absolute Gasteiger partial charge is 0.477 e. The highest BCUT2D eigenvalue weighted by atomic mass is 19.3. The summed E-state index contributed by atoms with van der Waals surface area (Å²) in [5.41, 5.74) is 0. The molecule has 2 nitrogen and oxygen atoms in total. The Morgan fingerprint density at radius 2 is 1.62 bits per heavy atom. The number of halogens is 6. The van der Waals surface area contributed by atoms with E-state index in [1.54, 1.807) is 0 Å². The molecule has 0 amide bonds. The molecule has 0 heterocycles. The van der Waals surface area contributed by atoms with E-state index in [4.69, 9.17) is 5.11 Å². The van der Waals surface area contributed by atoms with Gasteiger partial charge in [0.25, 0.3) is 0 Å². The Morgan fingerprint density at radius 1 is 1.23 bits per heavy atom. The van der Waals surface area contributed by atoms with Gasteiger partial charge in [0.05, 0.1) is 6.42 Å². The number of carboxylic acid groups (broad SMARTS) is 1. The molecule has 0 fully saturated rings. The van der Waals surface area contributed by atoms with Crippen LogP contribution in [0.4, 0.5) is 26.3 Å². The van der Waals surface area contributed by atoms with Gasteiger partial charge in [-0.2, -0.15) is 8.78 Å². The number of alkyl halides is 6. The monoisotopic (exact) mass is 210 g/mol. The first-order valence-corrected chi connectivity index (χ1v) is 2.87. The highest BCUT2D eigenvalue weighted by molar-refractivity contribution is 5.75. The number of hydrogen-bond donors (Lipinski definition) is 1. The van der Waals surface area contributed by atoms with Crippen LogP contribution in [0.1, 0.15) is 6.42 Å². The van der Waals surface area contributed by atoms with Crippen molar-refractivity contribution >= 4 is 5.97 Å². The zero-order valence-corrected chi connectivity index (χ0v) is 5.91. The lowest BCUT2D eigenvalue weighted by atomic mass is 10.1. The van der Waals surface area contributed by atoms with Crippen molar-refractivity contribution in [3.8, 4) is 0 Å². The van der Waals surface area contributed by atoms with Gasteiger partial charge in [-0.1, -0.05) is 0 Å². The van der Waals surface area contributed by atoms with Crippen molar-refractivity contribution in [2.45, 2.75) is 24.7 Å². The summed E-state index contributed by atoms with van der Waals surface area (Å²) in [6.45, 7) is 0. The Balaban J connectivity index is 4.52. The van der Waals surface area contributed by atoms with Gasteiger partial charge in [-0.15, -0.1) is 0 Å². The van der Waals surface area contributed by atoms with E-state index in [1.165, 1.54) is 0 Å². The SMILES string of the molecule is O=C(O)C(F)(F)CC(F)(F)C(F)F. The Hall–Kier alpha value is -0.950. The zero-order chi connectivity index (χ0) is 10.9. The molecule has 0 aliphatic heterocycles. The topological polar surface area (TPSA) is 37.3 Å². The fourth-order valence-corrected chi connectivity index (χ4v) is 0.449. The van der Waals surface area contributed by atoms with E-state index in [2.05, 4.69) is 0 Å². The summed E-state index contributed by atoms with van der Waals surface area (Å²) in [6.07, 6.45) is -7.01. The van der Waals surface area contributed by atoms with Gasteiger partial charge in [-0.3, -0.25) is 0 Å². The maximum absolute atomic E-state index is 12.0. The van der Waals surface area contributed by atoms with Crippen LogP contribution in [-0.4, -0.2) is 29.3 Å². The summed E-state index contributed by atoms with van der Waals surface area (Å²) < 4.78 is 70.5. The number of aliphatic carboxylic acids is 1. The summed E-state index contributed by atoms with van der Waals surface area (Å²) in [5.74, 6) is -12.7. The standard InChI is InChI=1S/C5H4F6O2/c6-2(7)4(8,9)1-5(10,11)3(12)13/h2H,1H2,(H,12,13). The molecule has 0 rings (SSSR count). The van der Waals surface area contributed by atoms with E-state index in [0.717, 1.165) is 0 Å². The average Bonchev–Trinajstić information content (AvgIpc) is 1.83. The fourth-order valence-electron chi connectivity index (χ4n) is 0.449. The molecule has 0 aliphatic rings. The van der Waals surface area contributed by atoms with Crippen LogP contribution in [0.3, 0.4) is 0 Å². The third-order valence-electron chi connectivity index (χ3n) is 1.09. The van der Waals surface area contributed by atoms with Crippen molar-refractivity contribution in [3.05, 3.63) is 0 Å². The van der Waals surface area contributed by atoms with Crippen molar-refractivity contribution in [2.24, 2.45) is 0 Å². The lowest BCUT2D eigenvalue weighted by Gasteiger charge is -2.18. The van der Waals surface area contributed by atoms with Gasteiger partial charge in [0.1, 0.15) is 0 Å². The molecule has 8 heteroatoms. The maximum Gasteiger partial charge on any atom is 0.374 e. The van der Waals surface area contributed by atoms with Gasteiger partial charge in [0.2, 0.25) is 0 Å². The second kappa shape index (κ2) is 3.43. The number of rotatable bonds is 4. The molecule has 13 heavy (non-hydrogen) atoms. The smallest absolute Gasteiger partial charge is 0.374 e. The summed E-state index contributed by atoms with van der Waals surface area (Å²) >= 11 is 0. The lowest BCUT2D eigenvalue weighted by Crippen LogP contribution is -2.39. The second-order valence-electron chi connectivity index (χ2n) is 2.25. The van der Waals surface area contributed by atoms with Crippen LogP contribution in [0.2, 0.25) is 0 Å². The highest BCUT2D eigenvalue weighted by Gasteiger charge is 2.53. The maximum atomic E-state index is 12.0. The molecule has 0 spiro atoms. The van der Waals surface area contributed by atoms with Crippen LogP contribution in [0.25, 0.3) is 0 Å². The van der Waals surface area contributed by atoms with Crippen molar-refractivity contribution < 1.29 is 36.2 Å². The van der Waals surface area contributed by atoms with E-state index in [-0.39, 0.29) is 0 Å². The molecule has 0 saturated heterocycles. The Labute approximate surface area is 68.1 Å². The van der Waals surface area contributed by atoms with E-state index in [1.807, 2.05) is 0 Å². The van der Waals surface area contributed by atoms with Crippen LogP contribution in [-0.2, 0) is 4.79 Å². The summed E-state index contributed by atoms with van der Waals surface area (Å²) in [4.78, 5) is 9.59. The molecule has 0 radical (unpaired) electrons. The van der Waals surface area contributed by atoms with Crippen LogP contribution in [0.15, 0.2) is 0 Å². The third kappa shape index (κ3) is 3.11. The molecule has 0 aliphatic carbocycles. The molecule has 0 bridgehead atoms. The molecule has 78 valence electrons. The fraction of sp³-hybridized carbons (Fsp3) is 0.800. The van der Waals surface area contributed by atoms with Crippen molar-refractivity contribution in [3.63, 3.8) is 0 Å². The summed E-state index contributed by atoms with van der Waals surface area (Å²) in [6, 6.07) is 0. The van der Waals surface area contributed by atoms with Gasteiger partial charge < -0.3 is 5.11 Å². The van der Waals surface area contributed by atoms with Gasteiger partial charge in [-0.05, 0) is 0 Å². The Morgan fingerprint density at radius 3 is 1.85 bits per heavy atom. The first kappa shape index (κ1) is 12.0. The van der Waals surface area contributed by atoms with E-state index < -0.39 is 30.7 Å². The van der Waals surface area contributed by atoms with Crippen molar-refractivity contribution in [1.29, 1.82) is 0 Å². The van der Waals surface area contributed by atoms with E-state index in [9.17, 15) is 31.1 Å². The molecule has 0 aromatic carbocycles. The number of carbonyl (C=O) groups is 1. The Bertz CT molecular complexity index is 201. The molecular formula is C5H4F6O2. The number of hydrogen-bond acceptors (Lipinski definition) is 1. The molecule has 0 aromatic rings. The summed E-state index contributed by atoms with van der Waals surface area (Å²) in [7, 11) is 0. The number of carboxylic acids is 1. The zero-order valence-electron chi connectivity index (χ0n) is 5.91. The lowest BCUT2D eigenvalue weighted by molar-refractivity contribution is -0.197. The highest BCUT2D eigenvalue weighted by Crippen LogP contribution is 2.34.